The highest BCUT2D eigenvalue weighted by Crippen LogP contribution is 2.28. The summed E-state index contributed by atoms with van der Waals surface area (Å²) in [6.45, 7) is 3.36. The van der Waals surface area contributed by atoms with Crippen LogP contribution in [0.2, 0.25) is 5.02 Å². The molecule has 0 aliphatic rings. The summed E-state index contributed by atoms with van der Waals surface area (Å²) in [6.07, 6.45) is 1.45. The molecular formula is C20H17ClN2O6. The molecule has 0 unspecified atom stereocenters. The number of nitro groups is 1. The number of halogens is 1. The first-order valence-corrected chi connectivity index (χ1v) is 8.99. The highest BCUT2D eigenvalue weighted by atomic mass is 35.5. The molecule has 0 radical (unpaired) electrons. The third-order valence-corrected chi connectivity index (χ3v) is 4.81. The minimum Gasteiger partial charge on any atom is -0.464 e. The Labute approximate surface area is 170 Å². The van der Waals surface area contributed by atoms with Crippen LogP contribution in [0.4, 0.5) is 11.4 Å². The van der Waals surface area contributed by atoms with Gasteiger partial charge >= 0.3 is 5.97 Å². The van der Waals surface area contributed by atoms with Gasteiger partial charge in [-0.15, -0.1) is 0 Å². The SMILES string of the molecule is Cc1ccc2c(CC(=O)OCC(=O)Nc3cc([N+](=O)[O-])ccc3Cl)coc2c1C. The quantitative estimate of drug-likeness (QED) is 0.363. The maximum atomic E-state index is 12.1. The second-order valence-corrected chi connectivity index (χ2v) is 6.86. The number of carbonyl (C=O) groups excluding carboxylic acids is 2. The molecule has 2 aromatic carbocycles. The molecule has 0 aliphatic carbocycles. The van der Waals surface area contributed by atoms with Gasteiger partial charge in [0.25, 0.3) is 11.6 Å². The molecule has 8 nitrogen and oxygen atoms in total. The van der Waals surface area contributed by atoms with E-state index in [0.717, 1.165) is 22.6 Å². The van der Waals surface area contributed by atoms with Crippen LogP contribution >= 0.6 is 11.6 Å². The van der Waals surface area contributed by atoms with Crippen LogP contribution in [-0.2, 0) is 20.7 Å². The maximum absolute atomic E-state index is 12.1. The predicted molar refractivity (Wildman–Crippen MR) is 107 cm³/mol. The third-order valence-electron chi connectivity index (χ3n) is 4.48. The van der Waals surface area contributed by atoms with Gasteiger partial charge in [-0.3, -0.25) is 19.7 Å². The van der Waals surface area contributed by atoms with Gasteiger partial charge in [-0.2, -0.15) is 0 Å². The second kappa shape index (κ2) is 8.32. The summed E-state index contributed by atoms with van der Waals surface area (Å²) in [5.41, 5.74) is 3.29. The standard InChI is InChI=1S/C20H17ClN2O6/c1-11-3-5-15-13(9-29-20(15)12(11)2)7-19(25)28-10-18(24)22-17-8-14(23(26)27)4-6-16(17)21/h3-6,8-9H,7,10H2,1-2H3,(H,22,24). The number of ether oxygens (including phenoxy) is 1. The van der Waals surface area contributed by atoms with Gasteiger partial charge in [0.15, 0.2) is 6.61 Å². The molecule has 0 bridgehead atoms. The summed E-state index contributed by atoms with van der Waals surface area (Å²) in [4.78, 5) is 34.3. The van der Waals surface area contributed by atoms with Crippen molar-refractivity contribution in [2.24, 2.45) is 0 Å². The van der Waals surface area contributed by atoms with Gasteiger partial charge in [-0.05, 0) is 31.0 Å². The van der Waals surface area contributed by atoms with Gasteiger partial charge < -0.3 is 14.5 Å². The van der Waals surface area contributed by atoms with E-state index < -0.39 is 23.4 Å². The Bertz CT molecular complexity index is 1120. The van der Waals surface area contributed by atoms with Crippen molar-refractivity contribution in [1.29, 1.82) is 0 Å². The molecule has 29 heavy (non-hydrogen) atoms. The fourth-order valence-corrected chi connectivity index (χ4v) is 2.95. The molecule has 1 amide bonds. The Morgan fingerprint density at radius 1 is 1.24 bits per heavy atom. The second-order valence-electron chi connectivity index (χ2n) is 6.45. The van der Waals surface area contributed by atoms with Crippen LogP contribution in [0.15, 0.2) is 41.0 Å². The van der Waals surface area contributed by atoms with E-state index in [1.807, 2.05) is 26.0 Å². The van der Waals surface area contributed by atoms with Crippen molar-refractivity contribution in [3.63, 3.8) is 0 Å². The Kier molecular flexibility index (Phi) is 5.84. The lowest BCUT2D eigenvalue weighted by atomic mass is 10.0. The predicted octanol–water partition coefficient (Wildman–Crippen LogP) is 4.34. The molecule has 0 atom stereocenters. The van der Waals surface area contributed by atoms with Crippen LogP contribution in [0.1, 0.15) is 16.7 Å². The van der Waals surface area contributed by atoms with Crippen LogP contribution in [0.5, 0.6) is 0 Å². The van der Waals surface area contributed by atoms with Crippen LogP contribution < -0.4 is 5.32 Å². The van der Waals surface area contributed by atoms with E-state index in [1.165, 1.54) is 18.4 Å². The number of benzene rings is 2. The number of carbonyl (C=O) groups is 2. The van der Waals surface area contributed by atoms with Gasteiger partial charge in [0.2, 0.25) is 0 Å². The van der Waals surface area contributed by atoms with E-state index in [9.17, 15) is 19.7 Å². The number of furan rings is 1. The molecule has 3 aromatic rings. The van der Waals surface area contributed by atoms with Crippen LogP contribution in [-0.4, -0.2) is 23.4 Å². The molecule has 1 N–H and O–H groups in total. The molecule has 9 heteroatoms. The van der Waals surface area contributed by atoms with Crippen molar-refractivity contribution in [3.05, 3.63) is 68.4 Å². The molecule has 0 spiro atoms. The van der Waals surface area contributed by atoms with Crippen molar-refractivity contribution >= 4 is 45.8 Å². The van der Waals surface area contributed by atoms with Gasteiger partial charge in [0, 0.05) is 23.1 Å². The van der Waals surface area contributed by atoms with E-state index >= 15 is 0 Å². The first-order valence-electron chi connectivity index (χ1n) is 8.62. The monoisotopic (exact) mass is 416 g/mol. The minimum absolute atomic E-state index is 0.0552. The average Bonchev–Trinajstić information content (AvgIpc) is 3.08. The van der Waals surface area contributed by atoms with Crippen LogP contribution in [0.3, 0.4) is 0 Å². The number of nitrogens with one attached hydrogen (secondary N) is 1. The fraction of sp³-hybridized carbons (Fsp3) is 0.200. The Hall–Kier alpha value is -3.39. The highest BCUT2D eigenvalue weighted by molar-refractivity contribution is 6.33. The molecule has 0 fully saturated rings. The zero-order valence-corrected chi connectivity index (χ0v) is 16.4. The fourth-order valence-electron chi connectivity index (χ4n) is 2.79. The van der Waals surface area contributed by atoms with Crippen LogP contribution in [0.25, 0.3) is 11.0 Å². The van der Waals surface area contributed by atoms with Gasteiger partial charge in [-0.25, -0.2) is 0 Å². The number of nitrogens with zero attached hydrogens (tertiary/aromatic N) is 1. The maximum Gasteiger partial charge on any atom is 0.310 e. The number of amides is 1. The Morgan fingerprint density at radius 3 is 2.72 bits per heavy atom. The summed E-state index contributed by atoms with van der Waals surface area (Å²) in [6, 6.07) is 7.47. The van der Waals surface area contributed by atoms with E-state index in [1.54, 1.807) is 0 Å². The highest BCUT2D eigenvalue weighted by Gasteiger charge is 2.16. The number of anilines is 1. The topological polar surface area (TPSA) is 112 Å². The molecule has 1 aromatic heterocycles. The van der Waals surface area contributed by atoms with Crippen molar-refractivity contribution in [2.45, 2.75) is 20.3 Å². The Morgan fingerprint density at radius 2 is 2.00 bits per heavy atom. The number of non-ortho nitro benzene ring substituents is 1. The number of hydrogen-bond acceptors (Lipinski definition) is 6. The zero-order valence-electron chi connectivity index (χ0n) is 15.7. The number of nitro benzene ring substituents is 1. The van der Waals surface area contributed by atoms with Gasteiger partial charge in [0.05, 0.1) is 28.3 Å². The Balaban J connectivity index is 1.60. The van der Waals surface area contributed by atoms with E-state index in [2.05, 4.69) is 5.32 Å². The van der Waals surface area contributed by atoms with Gasteiger partial charge in [0.1, 0.15) is 5.58 Å². The summed E-state index contributed by atoms with van der Waals surface area (Å²) < 4.78 is 10.6. The van der Waals surface area contributed by atoms with E-state index in [-0.39, 0.29) is 22.8 Å². The molecule has 0 saturated heterocycles. The van der Waals surface area contributed by atoms with Gasteiger partial charge in [-0.1, -0.05) is 23.7 Å². The van der Waals surface area contributed by atoms with Crippen LogP contribution in [0, 0.1) is 24.0 Å². The number of aryl methyl sites for hydroxylation is 2. The normalized spacial score (nSPS) is 10.7. The third kappa shape index (κ3) is 4.55. The first-order chi connectivity index (χ1) is 13.8. The van der Waals surface area contributed by atoms with E-state index in [4.69, 9.17) is 20.8 Å². The smallest absolute Gasteiger partial charge is 0.310 e. The first kappa shape index (κ1) is 20.3. The molecule has 0 saturated carbocycles. The molecule has 150 valence electrons. The van der Waals surface area contributed by atoms with Crippen molar-refractivity contribution in [2.75, 3.05) is 11.9 Å². The van der Waals surface area contributed by atoms with Crippen molar-refractivity contribution in [3.8, 4) is 0 Å². The van der Waals surface area contributed by atoms with Crippen molar-refractivity contribution in [1.82, 2.24) is 0 Å². The summed E-state index contributed by atoms with van der Waals surface area (Å²) in [5.74, 6) is -1.27. The average molecular weight is 417 g/mol. The minimum atomic E-state index is -0.663. The number of rotatable bonds is 6. The molecule has 3 rings (SSSR count). The zero-order chi connectivity index (χ0) is 21.1. The molecular weight excluding hydrogens is 400 g/mol. The molecule has 0 aliphatic heterocycles. The lowest BCUT2D eigenvalue weighted by molar-refractivity contribution is -0.384. The molecule has 1 heterocycles. The summed E-state index contributed by atoms with van der Waals surface area (Å²) >= 11 is 5.93. The van der Waals surface area contributed by atoms with E-state index in [0.29, 0.717) is 11.1 Å². The number of hydrogen-bond donors (Lipinski definition) is 1. The largest absolute Gasteiger partial charge is 0.464 e. The van der Waals surface area contributed by atoms with Crippen molar-refractivity contribution < 1.29 is 23.7 Å². The summed E-state index contributed by atoms with van der Waals surface area (Å²) in [5, 5.41) is 14.2. The number of fused-ring (bicyclic) bond motifs is 1. The number of esters is 1. The lowest BCUT2D eigenvalue weighted by Gasteiger charge is -2.08. The lowest BCUT2D eigenvalue weighted by Crippen LogP contribution is -2.21. The summed E-state index contributed by atoms with van der Waals surface area (Å²) in [7, 11) is 0.